The number of rotatable bonds is 4. The molecular formula is C14H14N2O2. The number of nitrogens with zero attached hydrogens (tertiary/aromatic N) is 1. The van der Waals surface area contributed by atoms with Crippen molar-refractivity contribution in [1.82, 2.24) is 10.5 Å². The molecule has 4 nitrogen and oxygen atoms in total. The van der Waals surface area contributed by atoms with E-state index < -0.39 is 0 Å². The minimum atomic E-state index is -0.186. The van der Waals surface area contributed by atoms with E-state index in [4.69, 9.17) is 4.52 Å². The lowest BCUT2D eigenvalue weighted by Gasteiger charge is -2.02. The van der Waals surface area contributed by atoms with Gasteiger partial charge in [0.25, 0.3) is 5.91 Å². The summed E-state index contributed by atoms with van der Waals surface area (Å²) in [5, 5.41) is 6.63. The predicted octanol–water partition coefficient (Wildman–Crippen LogP) is 2.48. The molecule has 1 amide bonds. The van der Waals surface area contributed by atoms with Crippen LogP contribution in [0.2, 0.25) is 0 Å². The van der Waals surface area contributed by atoms with E-state index in [1.807, 2.05) is 30.3 Å². The first kappa shape index (κ1) is 11.0. The highest BCUT2D eigenvalue weighted by Crippen LogP contribution is 2.40. The van der Waals surface area contributed by atoms with Gasteiger partial charge in [-0.3, -0.25) is 4.79 Å². The number of carbonyl (C=O) groups excluding carboxylic acids is 1. The molecule has 3 rings (SSSR count). The third-order valence-corrected chi connectivity index (χ3v) is 3.04. The molecule has 0 bridgehead atoms. The van der Waals surface area contributed by atoms with Crippen LogP contribution in [-0.4, -0.2) is 11.1 Å². The molecule has 18 heavy (non-hydrogen) atoms. The molecule has 1 aliphatic carbocycles. The molecule has 4 heteroatoms. The summed E-state index contributed by atoms with van der Waals surface area (Å²) in [6, 6.07) is 11.5. The zero-order valence-electron chi connectivity index (χ0n) is 9.93. The van der Waals surface area contributed by atoms with Crippen molar-refractivity contribution >= 4 is 5.91 Å². The SMILES string of the molecule is O=C(NCc1ccccc1)c1cc(C2CC2)on1. The van der Waals surface area contributed by atoms with Gasteiger partial charge in [-0.25, -0.2) is 0 Å². The van der Waals surface area contributed by atoms with Gasteiger partial charge in [-0.2, -0.15) is 0 Å². The third-order valence-electron chi connectivity index (χ3n) is 3.04. The van der Waals surface area contributed by atoms with E-state index in [9.17, 15) is 4.79 Å². The zero-order valence-corrected chi connectivity index (χ0v) is 9.93. The number of nitrogens with one attached hydrogen (secondary N) is 1. The Morgan fingerprint density at radius 2 is 2.11 bits per heavy atom. The molecule has 1 aromatic carbocycles. The lowest BCUT2D eigenvalue weighted by atomic mass is 10.2. The molecule has 0 aliphatic heterocycles. The summed E-state index contributed by atoms with van der Waals surface area (Å²) in [7, 11) is 0. The summed E-state index contributed by atoms with van der Waals surface area (Å²) in [4.78, 5) is 11.8. The summed E-state index contributed by atoms with van der Waals surface area (Å²) < 4.78 is 5.15. The number of hydrogen-bond acceptors (Lipinski definition) is 3. The molecule has 1 heterocycles. The van der Waals surface area contributed by atoms with E-state index in [1.165, 1.54) is 0 Å². The molecule has 0 spiro atoms. The van der Waals surface area contributed by atoms with Crippen LogP contribution >= 0.6 is 0 Å². The van der Waals surface area contributed by atoms with E-state index in [0.29, 0.717) is 18.2 Å². The lowest BCUT2D eigenvalue weighted by Crippen LogP contribution is -2.22. The summed E-state index contributed by atoms with van der Waals surface area (Å²) in [6.07, 6.45) is 2.28. The Labute approximate surface area is 105 Å². The van der Waals surface area contributed by atoms with Gasteiger partial charge in [0.1, 0.15) is 5.76 Å². The van der Waals surface area contributed by atoms with Gasteiger partial charge in [-0.05, 0) is 18.4 Å². The van der Waals surface area contributed by atoms with Crippen molar-refractivity contribution in [3.63, 3.8) is 0 Å². The predicted molar refractivity (Wildman–Crippen MR) is 66.1 cm³/mol. The molecule has 0 unspecified atom stereocenters. The van der Waals surface area contributed by atoms with Crippen molar-refractivity contribution in [1.29, 1.82) is 0 Å². The van der Waals surface area contributed by atoms with Gasteiger partial charge in [0.15, 0.2) is 5.69 Å². The molecule has 1 saturated carbocycles. The Hall–Kier alpha value is -2.10. The second-order valence-corrected chi connectivity index (χ2v) is 4.56. The smallest absolute Gasteiger partial charge is 0.273 e. The lowest BCUT2D eigenvalue weighted by molar-refractivity contribution is 0.0941. The Bertz CT molecular complexity index is 544. The number of benzene rings is 1. The fraction of sp³-hybridized carbons (Fsp3) is 0.286. The zero-order chi connectivity index (χ0) is 12.4. The van der Waals surface area contributed by atoms with Crippen molar-refractivity contribution in [3.05, 3.63) is 53.4 Å². The first-order valence-corrected chi connectivity index (χ1v) is 6.11. The molecule has 1 fully saturated rings. The molecule has 92 valence electrons. The minimum absolute atomic E-state index is 0.186. The van der Waals surface area contributed by atoms with Crippen LogP contribution in [0.3, 0.4) is 0 Å². The molecule has 2 aromatic rings. The number of hydrogen-bond donors (Lipinski definition) is 1. The number of carbonyl (C=O) groups is 1. The van der Waals surface area contributed by atoms with Crippen LogP contribution < -0.4 is 5.32 Å². The maximum Gasteiger partial charge on any atom is 0.273 e. The Kier molecular flexibility index (Phi) is 2.84. The Balaban J connectivity index is 1.60. The monoisotopic (exact) mass is 242 g/mol. The molecule has 1 aromatic heterocycles. The quantitative estimate of drug-likeness (QED) is 0.896. The molecule has 1 N–H and O–H groups in total. The second kappa shape index (κ2) is 4.64. The topological polar surface area (TPSA) is 55.1 Å². The first-order valence-electron chi connectivity index (χ1n) is 6.11. The van der Waals surface area contributed by atoms with Gasteiger partial charge < -0.3 is 9.84 Å². The van der Waals surface area contributed by atoms with Crippen LogP contribution in [0.25, 0.3) is 0 Å². The van der Waals surface area contributed by atoms with E-state index in [-0.39, 0.29) is 5.91 Å². The van der Waals surface area contributed by atoms with Crippen molar-refractivity contribution in [2.24, 2.45) is 0 Å². The van der Waals surface area contributed by atoms with Gasteiger partial charge in [0, 0.05) is 18.5 Å². The van der Waals surface area contributed by atoms with Gasteiger partial charge in [-0.15, -0.1) is 0 Å². The van der Waals surface area contributed by atoms with E-state index in [2.05, 4.69) is 10.5 Å². The van der Waals surface area contributed by atoms with Crippen molar-refractivity contribution in [3.8, 4) is 0 Å². The molecule has 1 aliphatic rings. The van der Waals surface area contributed by atoms with Crippen molar-refractivity contribution in [2.75, 3.05) is 0 Å². The van der Waals surface area contributed by atoms with E-state index in [0.717, 1.165) is 24.2 Å². The average molecular weight is 242 g/mol. The number of amides is 1. The molecule has 0 atom stereocenters. The van der Waals surface area contributed by atoms with E-state index in [1.54, 1.807) is 6.07 Å². The largest absolute Gasteiger partial charge is 0.360 e. The van der Waals surface area contributed by atoms with Crippen molar-refractivity contribution in [2.45, 2.75) is 25.3 Å². The normalized spacial score (nSPS) is 14.4. The van der Waals surface area contributed by atoms with Crippen molar-refractivity contribution < 1.29 is 9.32 Å². The molecule has 0 radical (unpaired) electrons. The van der Waals surface area contributed by atoms with E-state index >= 15 is 0 Å². The standard InChI is InChI=1S/C14H14N2O2/c17-14(15-9-10-4-2-1-3-5-10)12-8-13(18-16-12)11-6-7-11/h1-5,8,11H,6-7,9H2,(H,15,17). The Morgan fingerprint density at radius 1 is 1.33 bits per heavy atom. The highest BCUT2D eigenvalue weighted by atomic mass is 16.5. The fourth-order valence-electron chi connectivity index (χ4n) is 1.83. The van der Waals surface area contributed by atoms with Crippen LogP contribution in [-0.2, 0) is 6.54 Å². The summed E-state index contributed by atoms with van der Waals surface area (Å²) in [5.74, 6) is 1.13. The average Bonchev–Trinajstić information content (AvgIpc) is 3.15. The first-order chi connectivity index (χ1) is 8.83. The summed E-state index contributed by atoms with van der Waals surface area (Å²) in [6.45, 7) is 0.505. The van der Waals surface area contributed by atoms with Crippen LogP contribution in [0.1, 0.15) is 40.6 Å². The van der Waals surface area contributed by atoms with Gasteiger partial charge >= 0.3 is 0 Å². The van der Waals surface area contributed by atoms with Gasteiger partial charge in [-0.1, -0.05) is 35.5 Å². The van der Waals surface area contributed by atoms with Gasteiger partial charge in [0.2, 0.25) is 0 Å². The van der Waals surface area contributed by atoms with Crippen LogP contribution in [0.15, 0.2) is 40.9 Å². The fourth-order valence-corrected chi connectivity index (χ4v) is 1.83. The van der Waals surface area contributed by atoms with Crippen LogP contribution in [0.4, 0.5) is 0 Å². The molecular weight excluding hydrogens is 228 g/mol. The highest BCUT2D eigenvalue weighted by Gasteiger charge is 2.28. The minimum Gasteiger partial charge on any atom is -0.360 e. The number of aromatic nitrogens is 1. The Morgan fingerprint density at radius 3 is 2.83 bits per heavy atom. The molecule has 0 saturated heterocycles. The maximum absolute atomic E-state index is 11.8. The summed E-state index contributed by atoms with van der Waals surface area (Å²) >= 11 is 0. The maximum atomic E-state index is 11.8. The highest BCUT2D eigenvalue weighted by molar-refractivity contribution is 5.92. The second-order valence-electron chi connectivity index (χ2n) is 4.56. The van der Waals surface area contributed by atoms with Crippen LogP contribution in [0, 0.1) is 0 Å². The van der Waals surface area contributed by atoms with Crippen LogP contribution in [0.5, 0.6) is 0 Å². The third kappa shape index (κ3) is 2.42. The summed E-state index contributed by atoms with van der Waals surface area (Å²) in [5.41, 5.74) is 1.43. The van der Waals surface area contributed by atoms with Gasteiger partial charge in [0.05, 0.1) is 0 Å².